The van der Waals surface area contributed by atoms with E-state index in [2.05, 4.69) is 29.1 Å². The van der Waals surface area contributed by atoms with Crippen LogP contribution in [0.2, 0.25) is 5.02 Å². The molecule has 0 spiro atoms. The van der Waals surface area contributed by atoms with Gasteiger partial charge in [0.05, 0.1) is 22.9 Å². The number of anilines is 1. The van der Waals surface area contributed by atoms with Crippen LogP contribution < -0.4 is 5.32 Å². The Balaban J connectivity index is 2.36. The van der Waals surface area contributed by atoms with E-state index in [1.807, 2.05) is 24.4 Å². The second-order valence-electron chi connectivity index (χ2n) is 4.72. The smallest absolute Gasteiger partial charge is 0.0702 e. The quantitative estimate of drug-likeness (QED) is 0.724. The molecule has 2 heterocycles. The van der Waals surface area contributed by atoms with Crippen LogP contribution in [0, 0.1) is 0 Å². The summed E-state index contributed by atoms with van der Waals surface area (Å²) in [6.07, 6.45) is 3.63. The molecular weight excluding hydrogens is 246 g/mol. The van der Waals surface area contributed by atoms with Crippen molar-refractivity contribution in [1.82, 2.24) is 9.97 Å². The van der Waals surface area contributed by atoms with Crippen molar-refractivity contribution >= 4 is 39.1 Å². The normalized spacial score (nSPS) is 11.6. The Morgan fingerprint density at radius 3 is 2.89 bits per heavy atom. The zero-order valence-electron chi connectivity index (χ0n) is 10.3. The number of rotatable bonds is 2. The van der Waals surface area contributed by atoms with E-state index in [1.54, 1.807) is 6.20 Å². The Kier molecular flexibility index (Phi) is 2.63. The highest BCUT2D eigenvalue weighted by Gasteiger charge is 2.10. The highest BCUT2D eigenvalue weighted by molar-refractivity contribution is 6.32. The van der Waals surface area contributed by atoms with Gasteiger partial charge in [0, 0.05) is 28.0 Å². The molecule has 1 aromatic carbocycles. The maximum Gasteiger partial charge on any atom is 0.0702 e. The molecule has 0 saturated carbocycles. The average Bonchev–Trinajstić information content (AvgIpc) is 2.67. The summed E-state index contributed by atoms with van der Waals surface area (Å²) >= 11 is 6.20. The topological polar surface area (TPSA) is 40.7 Å². The average molecular weight is 260 g/mol. The van der Waals surface area contributed by atoms with Crippen LogP contribution in [0.1, 0.15) is 13.8 Å². The van der Waals surface area contributed by atoms with Gasteiger partial charge in [0.25, 0.3) is 0 Å². The zero-order chi connectivity index (χ0) is 12.7. The molecule has 0 saturated heterocycles. The van der Waals surface area contributed by atoms with Gasteiger partial charge in [-0.1, -0.05) is 11.6 Å². The fourth-order valence-electron chi connectivity index (χ4n) is 2.24. The summed E-state index contributed by atoms with van der Waals surface area (Å²) in [5.74, 6) is 0. The minimum absolute atomic E-state index is 0.358. The van der Waals surface area contributed by atoms with Crippen molar-refractivity contribution in [1.29, 1.82) is 0 Å². The van der Waals surface area contributed by atoms with Gasteiger partial charge >= 0.3 is 0 Å². The fourth-order valence-corrected chi connectivity index (χ4v) is 2.46. The first kappa shape index (κ1) is 11.4. The molecule has 3 rings (SSSR count). The third kappa shape index (κ3) is 1.81. The van der Waals surface area contributed by atoms with E-state index in [4.69, 9.17) is 11.6 Å². The van der Waals surface area contributed by atoms with Crippen LogP contribution in [-0.2, 0) is 0 Å². The van der Waals surface area contributed by atoms with E-state index in [0.29, 0.717) is 6.04 Å². The Hall–Kier alpha value is -1.74. The van der Waals surface area contributed by atoms with Gasteiger partial charge in [-0.25, -0.2) is 0 Å². The van der Waals surface area contributed by atoms with E-state index in [1.165, 1.54) is 0 Å². The number of aromatic nitrogens is 2. The van der Waals surface area contributed by atoms with Crippen molar-refractivity contribution in [3.05, 3.63) is 35.6 Å². The number of H-pyrrole nitrogens is 1. The molecule has 92 valence electrons. The van der Waals surface area contributed by atoms with Crippen molar-refractivity contribution in [2.75, 3.05) is 5.32 Å². The number of nitrogens with one attached hydrogen (secondary N) is 2. The van der Waals surface area contributed by atoms with E-state index >= 15 is 0 Å². The summed E-state index contributed by atoms with van der Waals surface area (Å²) < 4.78 is 0. The minimum Gasteiger partial charge on any atom is -0.381 e. The standard InChI is InChI=1S/C14H14ClN3/c1-8(2)17-12-6-9(15)5-11-10-3-4-16-7-13(10)18-14(11)12/h3-8,17-18H,1-2H3. The zero-order valence-corrected chi connectivity index (χ0v) is 11.0. The SMILES string of the molecule is CC(C)Nc1cc(Cl)cc2c1[nH]c1cnccc12. The minimum atomic E-state index is 0.358. The van der Waals surface area contributed by atoms with Crippen LogP contribution in [0.3, 0.4) is 0 Å². The third-order valence-corrected chi connectivity index (χ3v) is 3.14. The van der Waals surface area contributed by atoms with Crippen LogP contribution in [0.5, 0.6) is 0 Å². The van der Waals surface area contributed by atoms with E-state index in [-0.39, 0.29) is 0 Å². The molecule has 3 nitrogen and oxygen atoms in total. The van der Waals surface area contributed by atoms with Crippen LogP contribution >= 0.6 is 11.6 Å². The highest BCUT2D eigenvalue weighted by Crippen LogP contribution is 2.33. The van der Waals surface area contributed by atoms with Gasteiger partial charge in [-0.05, 0) is 32.0 Å². The third-order valence-electron chi connectivity index (χ3n) is 2.92. The number of aromatic amines is 1. The second kappa shape index (κ2) is 4.18. The molecule has 18 heavy (non-hydrogen) atoms. The summed E-state index contributed by atoms with van der Waals surface area (Å²) in [4.78, 5) is 7.53. The molecule has 0 aliphatic carbocycles. The van der Waals surface area contributed by atoms with Gasteiger partial charge in [0.1, 0.15) is 0 Å². The largest absolute Gasteiger partial charge is 0.381 e. The van der Waals surface area contributed by atoms with Gasteiger partial charge < -0.3 is 10.3 Å². The van der Waals surface area contributed by atoms with E-state index in [9.17, 15) is 0 Å². The molecule has 0 atom stereocenters. The molecular formula is C14H14ClN3. The summed E-state index contributed by atoms with van der Waals surface area (Å²) in [6.45, 7) is 4.22. The highest BCUT2D eigenvalue weighted by atomic mass is 35.5. The van der Waals surface area contributed by atoms with Gasteiger partial charge in [0.2, 0.25) is 0 Å². The molecule has 4 heteroatoms. The van der Waals surface area contributed by atoms with Crippen molar-refractivity contribution < 1.29 is 0 Å². The van der Waals surface area contributed by atoms with Gasteiger partial charge in [0.15, 0.2) is 0 Å². The predicted molar refractivity (Wildman–Crippen MR) is 77.4 cm³/mol. The summed E-state index contributed by atoms with van der Waals surface area (Å²) in [5.41, 5.74) is 3.14. The molecule has 0 fully saturated rings. The molecule has 2 N–H and O–H groups in total. The maximum absolute atomic E-state index is 6.20. The number of hydrogen-bond acceptors (Lipinski definition) is 2. The molecule has 0 bridgehead atoms. The van der Waals surface area contributed by atoms with Crippen molar-refractivity contribution in [2.45, 2.75) is 19.9 Å². The lowest BCUT2D eigenvalue weighted by molar-refractivity contribution is 0.901. The fraction of sp³-hybridized carbons (Fsp3) is 0.214. The van der Waals surface area contributed by atoms with Gasteiger partial charge in [-0.3, -0.25) is 4.98 Å². The Morgan fingerprint density at radius 2 is 2.11 bits per heavy atom. The number of nitrogens with zero attached hydrogens (tertiary/aromatic N) is 1. The lowest BCUT2D eigenvalue weighted by atomic mass is 10.1. The Morgan fingerprint density at radius 1 is 1.28 bits per heavy atom. The molecule has 0 aliphatic rings. The Bertz CT molecular complexity index is 715. The van der Waals surface area contributed by atoms with E-state index < -0.39 is 0 Å². The summed E-state index contributed by atoms with van der Waals surface area (Å²) in [5, 5.41) is 6.43. The molecule has 0 radical (unpaired) electrons. The first-order valence-electron chi connectivity index (χ1n) is 5.96. The lowest BCUT2D eigenvalue weighted by Crippen LogP contribution is -2.09. The maximum atomic E-state index is 6.20. The first-order valence-corrected chi connectivity index (χ1v) is 6.34. The second-order valence-corrected chi connectivity index (χ2v) is 5.16. The van der Waals surface area contributed by atoms with Gasteiger partial charge in [-0.2, -0.15) is 0 Å². The molecule has 0 amide bonds. The number of hydrogen-bond donors (Lipinski definition) is 2. The number of fused-ring (bicyclic) bond motifs is 3. The molecule has 0 aliphatic heterocycles. The summed E-state index contributed by atoms with van der Waals surface area (Å²) in [7, 11) is 0. The van der Waals surface area contributed by atoms with Crippen LogP contribution in [0.25, 0.3) is 21.8 Å². The Labute approximate surface area is 110 Å². The molecule has 0 unspecified atom stereocenters. The first-order chi connectivity index (χ1) is 8.65. The number of benzene rings is 1. The molecule has 2 aromatic heterocycles. The monoisotopic (exact) mass is 259 g/mol. The van der Waals surface area contributed by atoms with Crippen LogP contribution in [-0.4, -0.2) is 16.0 Å². The predicted octanol–water partition coefficient (Wildman–Crippen LogP) is 4.19. The number of halogens is 1. The van der Waals surface area contributed by atoms with Crippen LogP contribution in [0.4, 0.5) is 5.69 Å². The van der Waals surface area contributed by atoms with E-state index in [0.717, 1.165) is 32.5 Å². The summed E-state index contributed by atoms with van der Waals surface area (Å²) in [6, 6.07) is 6.30. The van der Waals surface area contributed by atoms with Crippen molar-refractivity contribution in [3.8, 4) is 0 Å². The van der Waals surface area contributed by atoms with Gasteiger partial charge in [-0.15, -0.1) is 0 Å². The van der Waals surface area contributed by atoms with Crippen molar-refractivity contribution in [3.63, 3.8) is 0 Å². The van der Waals surface area contributed by atoms with Crippen LogP contribution in [0.15, 0.2) is 30.6 Å². The lowest BCUT2D eigenvalue weighted by Gasteiger charge is -2.11. The molecule has 3 aromatic rings. The number of pyridine rings is 1. The van der Waals surface area contributed by atoms with Crippen molar-refractivity contribution in [2.24, 2.45) is 0 Å².